The van der Waals surface area contributed by atoms with Crippen molar-refractivity contribution in [2.24, 2.45) is 0 Å². The second-order valence-electron chi connectivity index (χ2n) is 7.32. The van der Waals surface area contributed by atoms with Crippen molar-refractivity contribution in [1.29, 1.82) is 0 Å². The van der Waals surface area contributed by atoms with E-state index in [0.29, 0.717) is 23.6 Å². The third-order valence-corrected chi connectivity index (χ3v) is 5.38. The highest BCUT2D eigenvalue weighted by molar-refractivity contribution is 6.51. The van der Waals surface area contributed by atoms with Crippen molar-refractivity contribution in [2.75, 3.05) is 11.5 Å². The highest BCUT2D eigenvalue weighted by Crippen LogP contribution is 2.43. The lowest BCUT2D eigenvalue weighted by Crippen LogP contribution is -2.29. The normalized spacial score (nSPS) is 17.7. The molecule has 0 saturated carbocycles. The second-order valence-corrected chi connectivity index (χ2v) is 7.32. The van der Waals surface area contributed by atoms with Gasteiger partial charge in [0.2, 0.25) is 0 Å². The highest BCUT2D eigenvalue weighted by Gasteiger charge is 2.47. The molecule has 1 heterocycles. The molecule has 1 aliphatic rings. The molecule has 0 spiro atoms. The maximum Gasteiger partial charge on any atom is 0.300 e. The van der Waals surface area contributed by atoms with E-state index in [-0.39, 0.29) is 11.3 Å². The number of ketones is 1. The Bertz CT molecular complexity index is 1170. The molecule has 1 N–H and O–H groups in total. The van der Waals surface area contributed by atoms with Crippen molar-refractivity contribution in [3.8, 4) is 5.75 Å². The van der Waals surface area contributed by atoms with E-state index in [4.69, 9.17) is 4.74 Å². The van der Waals surface area contributed by atoms with Crippen LogP contribution in [0.15, 0.2) is 84.4 Å². The zero-order chi connectivity index (χ0) is 22.0. The van der Waals surface area contributed by atoms with Gasteiger partial charge in [-0.15, -0.1) is 0 Å². The Morgan fingerprint density at radius 2 is 1.68 bits per heavy atom. The summed E-state index contributed by atoms with van der Waals surface area (Å²) in [5.74, 6) is -1.01. The number of nitrogens with zero attached hydrogens (tertiary/aromatic N) is 1. The van der Waals surface area contributed by atoms with Gasteiger partial charge in [-0.1, -0.05) is 54.6 Å². The van der Waals surface area contributed by atoms with Gasteiger partial charge in [-0.3, -0.25) is 14.5 Å². The van der Waals surface area contributed by atoms with Gasteiger partial charge in [-0.05, 0) is 49.2 Å². The van der Waals surface area contributed by atoms with E-state index in [9.17, 15) is 14.7 Å². The number of ether oxygens (including phenoxy) is 1. The Kier molecular flexibility index (Phi) is 5.58. The quantitative estimate of drug-likeness (QED) is 0.362. The Morgan fingerprint density at radius 1 is 0.968 bits per heavy atom. The molecule has 4 rings (SSSR count). The first-order valence-electron chi connectivity index (χ1n) is 10.2. The monoisotopic (exact) mass is 413 g/mol. The standard InChI is InChI=1S/C26H23NO4/c1-3-31-20-14-9-11-18(16-20)24(28)22-23(21-15-8-7-10-17(21)2)27(26(30)25(22)29)19-12-5-4-6-13-19/h4-16,23,28H,3H2,1-2H3/b24-22+. The topological polar surface area (TPSA) is 66.8 Å². The largest absolute Gasteiger partial charge is 0.507 e. The van der Waals surface area contributed by atoms with Crippen molar-refractivity contribution in [1.82, 2.24) is 0 Å². The zero-order valence-corrected chi connectivity index (χ0v) is 17.4. The van der Waals surface area contributed by atoms with Gasteiger partial charge in [-0.25, -0.2) is 0 Å². The number of aliphatic hydroxyl groups excluding tert-OH is 1. The van der Waals surface area contributed by atoms with Crippen LogP contribution < -0.4 is 9.64 Å². The molecular formula is C26H23NO4. The van der Waals surface area contributed by atoms with Gasteiger partial charge in [0.1, 0.15) is 11.5 Å². The van der Waals surface area contributed by atoms with Gasteiger partial charge in [-0.2, -0.15) is 0 Å². The second kappa shape index (κ2) is 8.48. The summed E-state index contributed by atoms with van der Waals surface area (Å²) >= 11 is 0. The van der Waals surface area contributed by atoms with Crippen LogP contribution in [0.2, 0.25) is 0 Å². The molecule has 0 radical (unpaired) electrons. The number of anilines is 1. The summed E-state index contributed by atoms with van der Waals surface area (Å²) in [6.45, 7) is 4.28. The Hall–Kier alpha value is -3.86. The summed E-state index contributed by atoms with van der Waals surface area (Å²) in [7, 11) is 0. The number of hydrogen-bond acceptors (Lipinski definition) is 4. The van der Waals surface area contributed by atoms with Crippen molar-refractivity contribution >= 4 is 23.1 Å². The summed E-state index contributed by atoms with van der Waals surface area (Å²) in [5, 5.41) is 11.2. The van der Waals surface area contributed by atoms with Crippen LogP contribution in [0.25, 0.3) is 5.76 Å². The van der Waals surface area contributed by atoms with Crippen LogP contribution >= 0.6 is 0 Å². The zero-order valence-electron chi connectivity index (χ0n) is 17.4. The minimum absolute atomic E-state index is 0.0665. The Morgan fingerprint density at radius 3 is 2.39 bits per heavy atom. The number of Topliss-reactive ketones (excluding diaryl/α,β-unsaturated/α-hetero) is 1. The van der Waals surface area contributed by atoms with Crippen LogP contribution in [-0.2, 0) is 9.59 Å². The van der Waals surface area contributed by atoms with E-state index in [1.165, 1.54) is 4.90 Å². The molecule has 1 aliphatic heterocycles. The summed E-state index contributed by atoms with van der Waals surface area (Å²) in [4.78, 5) is 27.8. The SMILES string of the molecule is CCOc1cccc(/C(O)=C2\C(=O)C(=O)N(c3ccccc3)C2c2ccccc2C)c1. The number of para-hydroxylation sites is 1. The lowest BCUT2D eigenvalue weighted by atomic mass is 9.92. The summed E-state index contributed by atoms with van der Waals surface area (Å²) in [6.07, 6.45) is 0. The highest BCUT2D eigenvalue weighted by atomic mass is 16.5. The molecule has 0 aromatic heterocycles. The minimum atomic E-state index is -0.737. The van der Waals surface area contributed by atoms with Crippen LogP contribution in [0.1, 0.15) is 29.7 Å². The number of amides is 1. The molecule has 5 heteroatoms. The predicted molar refractivity (Wildman–Crippen MR) is 120 cm³/mol. The number of carbonyl (C=O) groups is 2. The fraction of sp³-hybridized carbons (Fsp3) is 0.154. The third kappa shape index (κ3) is 3.70. The van der Waals surface area contributed by atoms with Gasteiger partial charge in [0.15, 0.2) is 0 Å². The van der Waals surface area contributed by atoms with E-state index in [1.54, 1.807) is 36.4 Å². The van der Waals surface area contributed by atoms with E-state index in [2.05, 4.69) is 0 Å². The molecule has 1 amide bonds. The molecule has 1 saturated heterocycles. The van der Waals surface area contributed by atoms with E-state index < -0.39 is 17.7 Å². The van der Waals surface area contributed by atoms with Crippen LogP contribution in [0.5, 0.6) is 5.75 Å². The summed E-state index contributed by atoms with van der Waals surface area (Å²) in [5.41, 5.74) is 2.80. The van der Waals surface area contributed by atoms with Crippen molar-refractivity contribution in [3.05, 3.63) is 101 Å². The lowest BCUT2D eigenvalue weighted by molar-refractivity contribution is -0.132. The smallest absolute Gasteiger partial charge is 0.300 e. The molecule has 156 valence electrons. The van der Waals surface area contributed by atoms with Gasteiger partial charge >= 0.3 is 0 Å². The number of carbonyl (C=O) groups excluding carboxylic acids is 2. The van der Waals surface area contributed by atoms with Crippen LogP contribution in [-0.4, -0.2) is 23.4 Å². The van der Waals surface area contributed by atoms with Gasteiger partial charge in [0.25, 0.3) is 11.7 Å². The maximum atomic E-state index is 13.2. The molecule has 3 aromatic rings. The number of aryl methyl sites for hydroxylation is 1. The molecule has 1 unspecified atom stereocenters. The summed E-state index contributed by atoms with van der Waals surface area (Å²) in [6, 6.07) is 22.8. The average molecular weight is 413 g/mol. The fourth-order valence-corrected chi connectivity index (χ4v) is 3.93. The Labute approximate surface area is 181 Å². The first-order chi connectivity index (χ1) is 15.0. The van der Waals surface area contributed by atoms with Crippen LogP contribution in [0.3, 0.4) is 0 Å². The predicted octanol–water partition coefficient (Wildman–Crippen LogP) is 5.02. The molecule has 0 aliphatic carbocycles. The number of aliphatic hydroxyl groups is 1. The Balaban J connectivity index is 1.94. The summed E-state index contributed by atoms with van der Waals surface area (Å²) < 4.78 is 5.53. The molecular weight excluding hydrogens is 390 g/mol. The average Bonchev–Trinajstić information content (AvgIpc) is 3.05. The van der Waals surface area contributed by atoms with Gasteiger partial charge < -0.3 is 9.84 Å². The third-order valence-electron chi connectivity index (χ3n) is 5.38. The van der Waals surface area contributed by atoms with E-state index in [0.717, 1.165) is 11.1 Å². The van der Waals surface area contributed by atoms with E-state index in [1.807, 2.05) is 56.3 Å². The molecule has 3 aromatic carbocycles. The van der Waals surface area contributed by atoms with Crippen molar-refractivity contribution in [2.45, 2.75) is 19.9 Å². The van der Waals surface area contributed by atoms with Gasteiger partial charge in [0.05, 0.1) is 18.2 Å². The van der Waals surface area contributed by atoms with Gasteiger partial charge in [0, 0.05) is 11.3 Å². The van der Waals surface area contributed by atoms with Crippen molar-refractivity contribution in [3.63, 3.8) is 0 Å². The maximum absolute atomic E-state index is 13.2. The van der Waals surface area contributed by atoms with E-state index >= 15 is 0 Å². The number of hydrogen-bond donors (Lipinski definition) is 1. The number of rotatable bonds is 5. The lowest BCUT2D eigenvalue weighted by Gasteiger charge is -2.26. The minimum Gasteiger partial charge on any atom is -0.507 e. The molecule has 1 atom stereocenters. The van der Waals surface area contributed by atoms with Crippen molar-refractivity contribution < 1.29 is 19.4 Å². The first-order valence-corrected chi connectivity index (χ1v) is 10.2. The molecule has 0 bridgehead atoms. The molecule has 1 fully saturated rings. The van der Waals surface area contributed by atoms with Crippen LogP contribution in [0.4, 0.5) is 5.69 Å². The molecule has 5 nitrogen and oxygen atoms in total. The fourth-order valence-electron chi connectivity index (χ4n) is 3.93. The van der Waals surface area contributed by atoms with Crippen LogP contribution in [0, 0.1) is 6.92 Å². The molecule has 31 heavy (non-hydrogen) atoms. The first kappa shape index (κ1) is 20.4. The number of benzene rings is 3.